The molecule has 0 spiro atoms. The second kappa shape index (κ2) is 6.88. The van der Waals surface area contributed by atoms with Crippen LogP contribution in [0.4, 0.5) is 5.69 Å². The fourth-order valence-corrected chi connectivity index (χ4v) is 2.97. The molecule has 7 nitrogen and oxygen atoms in total. The number of rotatable bonds is 7. The summed E-state index contributed by atoms with van der Waals surface area (Å²) in [5.74, 6) is 0.503. The van der Waals surface area contributed by atoms with Gasteiger partial charge in [0.15, 0.2) is 6.61 Å². The van der Waals surface area contributed by atoms with Gasteiger partial charge in [0, 0.05) is 19.6 Å². The summed E-state index contributed by atoms with van der Waals surface area (Å²) in [7, 11) is -3.20. The Morgan fingerprint density at radius 2 is 2.19 bits per heavy atom. The molecule has 0 radical (unpaired) electrons. The maximum atomic E-state index is 11.5. The van der Waals surface area contributed by atoms with Gasteiger partial charge in [-0.15, -0.1) is 0 Å². The number of anilines is 1. The summed E-state index contributed by atoms with van der Waals surface area (Å²) >= 11 is 0. The average molecular weight is 313 g/mol. The highest BCUT2D eigenvalue weighted by Crippen LogP contribution is 2.28. The van der Waals surface area contributed by atoms with Crippen molar-refractivity contribution in [1.82, 2.24) is 10.0 Å². The molecule has 1 aromatic carbocycles. The molecule has 0 aliphatic carbocycles. The Kier molecular flexibility index (Phi) is 5.16. The highest BCUT2D eigenvalue weighted by atomic mass is 32.2. The molecule has 1 aliphatic rings. The van der Waals surface area contributed by atoms with Gasteiger partial charge in [0.05, 0.1) is 11.4 Å². The minimum absolute atomic E-state index is 0.0334. The van der Waals surface area contributed by atoms with Crippen LogP contribution in [-0.4, -0.2) is 39.8 Å². The minimum atomic E-state index is -3.20. The Bertz CT molecular complexity index is 616. The fraction of sp³-hybridized carbons (Fsp3) is 0.462. The van der Waals surface area contributed by atoms with Gasteiger partial charge < -0.3 is 15.4 Å². The Labute approximate surface area is 124 Å². The van der Waals surface area contributed by atoms with E-state index >= 15 is 0 Å². The molecule has 0 saturated carbocycles. The number of amides is 1. The van der Waals surface area contributed by atoms with Crippen molar-refractivity contribution in [3.8, 4) is 5.75 Å². The topological polar surface area (TPSA) is 96.5 Å². The van der Waals surface area contributed by atoms with Crippen LogP contribution in [-0.2, 0) is 21.4 Å². The first-order valence-corrected chi connectivity index (χ1v) is 8.39. The molecule has 1 aliphatic heterocycles. The van der Waals surface area contributed by atoms with E-state index in [4.69, 9.17) is 4.74 Å². The largest absolute Gasteiger partial charge is 0.482 e. The molecule has 0 bridgehead atoms. The molecular formula is C13H19N3O4S. The van der Waals surface area contributed by atoms with Crippen LogP contribution in [0.15, 0.2) is 18.2 Å². The molecule has 0 saturated heterocycles. The Hall–Kier alpha value is -1.64. The molecule has 2 rings (SSSR count). The van der Waals surface area contributed by atoms with E-state index in [0.29, 0.717) is 31.1 Å². The summed E-state index contributed by atoms with van der Waals surface area (Å²) < 4.78 is 30.6. The number of hydrogen-bond acceptors (Lipinski definition) is 5. The fourth-order valence-electron chi connectivity index (χ4n) is 1.97. The second-order valence-corrected chi connectivity index (χ2v) is 6.59. The monoisotopic (exact) mass is 313 g/mol. The summed E-state index contributed by atoms with van der Waals surface area (Å²) in [5, 5.41) is 5.80. The smallest absolute Gasteiger partial charge is 0.262 e. The summed E-state index contributed by atoms with van der Waals surface area (Å²) in [4.78, 5) is 11.2. The average Bonchev–Trinajstić information content (AvgIpc) is 2.43. The molecule has 8 heteroatoms. The molecule has 0 atom stereocenters. The SMILES string of the molecule is CCNS(=O)(=O)CCNCc1ccc2c(c1)NC(=O)CO2. The molecule has 0 aromatic heterocycles. The molecule has 3 N–H and O–H groups in total. The zero-order valence-electron chi connectivity index (χ0n) is 11.8. The molecule has 116 valence electrons. The third kappa shape index (κ3) is 4.69. The van der Waals surface area contributed by atoms with Crippen molar-refractivity contribution in [2.24, 2.45) is 0 Å². The molecule has 0 unspecified atom stereocenters. The van der Waals surface area contributed by atoms with E-state index in [9.17, 15) is 13.2 Å². The first-order valence-electron chi connectivity index (χ1n) is 6.74. The zero-order chi connectivity index (χ0) is 15.3. The molecule has 1 heterocycles. The Morgan fingerprint density at radius 1 is 1.38 bits per heavy atom. The molecule has 1 amide bonds. The first-order chi connectivity index (χ1) is 10.00. The van der Waals surface area contributed by atoms with Gasteiger partial charge in [-0.1, -0.05) is 13.0 Å². The number of fused-ring (bicyclic) bond motifs is 1. The van der Waals surface area contributed by atoms with E-state index in [-0.39, 0.29) is 18.3 Å². The number of sulfonamides is 1. The predicted molar refractivity (Wildman–Crippen MR) is 79.7 cm³/mol. The van der Waals surface area contributed by atoms with Crippen LogP contribution in [0.3, 0.4) is 0 Å². The maximum Gasteiger partial charge on any atom is 0.262 e. The zero-order valence-corrected chi connectivity index (χ0v) is 12.6. The normalized spacial score (nSPS) is 14.2. The van der Waals surface area contributed by atoms with Gasteiger partial charge in [-0.25, -0.2) is 13.1 Å². The van der Waals surface area contributed by atoms with Gasteiger partial charge in [0.2, 0.25) is 10.0 Å². The third-order valence-electron chi connectivity index (χ3n) is 2.92. The van der Waals surface area contributed by atoms with Crippen molar-refractivity contribution < 1.29 is 17.9 Å². The Morgan fingerprint density at radius 3 is 2.95 bits per heavy atom. The number of benzene rings is 1. The number of carbonyl (C=O) groups is 1. The lowest BCUT2D eigenvalue weighted by atomic mass is 10.1. The highest BCUT2D eigenvalue weighted by molar-refractivity contribution is 7.89. The van der Waals surface area contributed by atoms with E-state index in [0.717, 1.165) is 5.56 Å². The van der Waals surface area contributed by atoms with Gasteiger partial charge in [-0.2, -0.15) is 0 Å². The van der Waals surface area contributed by atoms with E-state index in [1.807, 2.05) is 12.1 Å². The Balaban J connectivity index is 1.84. The minimum Gasteiger partial charge on any atom is -0.482 e. The van der Waals surface area contributed by atoms with E-state index in [1.54, 1.807) is 13.0 Å². The maximum absolute atomic E-state index is 11.5. The van der Waals surface area contributed by atoms with Crippen LogP contribution in [0.25, 0.3) is 0 Å². The molecular weight excluding hydrogens is 294 g/mol. The van der Waals surface area contributed by atoms with Crippen molar-refractivity contribution in [2.45, 2.75) is 13.5 Å². The number of nitrogens with one attached hydrogen (secondary N) is 3. The summed E-state index contributed by atoms with van der Waals surface area (Å²) in [5.41, 5.74) is 1.59. The van der Waals surface area contributed by atoms with Crippen LogP contribution in [0, 0.1) is 0 Å². The molecule has 1 aromatic rings. The lowest BCUT2D eigenvalue weighted by Gasteiger charge is -2.18. The summed E-state index contributed by atoms with van der Waals surface area (Å²) in [6.45, 7) is 3.05. The van der Waals surface area contributed by atoms with Crippen molar-refractivity contribution in [3.63, 3.8) is 0 Å². The van der Waals surface area contributed by atoms with Gasteiger partial charge in [0.1, 0.15) is 5.75 Å². The van der Waals surface area contributed by atoms with Crippen molar-refractivity contribution in [2.75, 3.05) is 30.8 Å². The van der Waals surface area contributed by atoms with E-state index < -0.39 is 10.0 Å². The number of hydrogen-bond donors (Lipinski definition) is 3. The number of carbonyl (C=O) groups excluding carboxylic acids is 1. The van der Waals surface area contributed by atoms with Crippen molar-refractivity contribution in [1.29, 1.82) is 0 Å². The number of ether oxygens (including phenoxy) is 1. The van der Waals surface area contributed by atoms with E-state index in [1.165, 1.54) is 0 Å². The second-order valence-electron chi connectivity index (χ2n) is 4.66. The first kappa shape index (κ1) is 15.7. The van der Waals surface area contributed by atoms with Crippen molar-refractivity contribution in [3.05, 3.63) is 23.8 Å². The van der Waals surface area contributed by atoms with Crippen LogP contribution < -0.4 is 20.1 Å². The van der Waals surface area contributed by atoms with E-state index in [2.05, 4.69) is 15.4 Å². The third-order valence-corrected chi connectivity index (χ3v) is 4.39. The van der Waals surface area contributed by atoms with Gasteiger partial charge in [-0.05, 0) is 17.7 Å². The molecule has 21 heavy (non-hydrogen) atoms. The van der Waals surface area contributed by atoms with Crippen molar-refractivity contribution >= 4 is 21.6 Å². The quantitative estimate of drug-likeness (QED) is 0.618. The van der Waals surface area contributed by atoms with Gasteiger partial charge >= 0.3 is 0 Å². The van der Waals surface area contributed by atoms with Crippen LogP contribution in [0.1, 0.15) is 12.5 Å². The lowest BCUT2D eigenvalue weighted by molar-refractivity contribution is -0.118. The van der Waals surface area contributed by atoms with Crippen LogP contribution in [0.2, 0.25) is 0 Å². The van der Waals surface area contributed by atoms with Gasteiger partial charge in [-0.3, -0.25) is 4.79 Å². The van der Waals surface area contributed by atoms with Gasteiger partial charge in [0.25, 0.3) is 5.91 Å². The van der Waals surface area contributed by atoms with Crippen LogP contribution >= 0.6 is 0 Å². The van der Waals surface area contributed by atoms with Crippen LogP contribution in [0.5, 0.6) is 5.75 Å². The molecule has 0 fully saturated rings. The lowest BCUT2D eigenvalue weighted by Crippen LogP contribution is -2.31. The summed E-state index contributed by atoms with van der Waals surface area (Å²) in [6.07, 6.45) is 0. The predicted octanol–water partition coefficient (Wildman–Crippen LogP) is 0.0464. The standard InChI is InChI=1S/C13H19N3O4S/c1-2-15-21(18,19)6-5-14-8-10-3-4-12-11(7-10)16-13(17)9-20-12/h3-4,7,14-15H,2,5-6,8-9H2,1H3,(H,16,17). The highest BCUT2D eigenvalue weighted by Gasteiger charge is 2.15. The summed E-state index contributed by atoms with van der Waals surface area (Å²) in [6, 6.07) is 5.49.